The van der Waals surface area contributed by atoms with Crippen LogP contribution >= 0.6 is 0 Å². The molecule has 2 rings (SSSR count). The van der Waals surface area contributed by atoms with Gasteiger partial charge in [-0.05, 0) is 37.8 Å². The number of carbonyl (C=O) groups excluding carboxylic acids is 2. The number of benzene rings is 1. The van der Waals surface area contributed by atoms with E-state index >= 15 is 0 Å². The van der Waals surface area contributed by atoms with Crippen molar-refractivity contribution in [2.75, 3.05) is 18.5 Å². The number of aryl methyl sites for hydroxylation is 2. The van der Waals surface area contributed by atoms with Crippen molar-refractivity contribution in [1.82, 2.24) is 5.32 Å². The van der Waals surface area contributed by atoms with Crippen LogP contribution in [0.3, 0.4) is 0 Å². The summed E-state index contributed by atoms with van der Waals surface area (Å²) in [5.41, 5.74) is 2.76. The van der Waals surface area contributed by atoms with Crippen molar-refractivity contribution in [2.24, 2.45) is 0 Å². The van der Waals surface area contributed by atoms with Gasteiger partial charge in [-0.15, -0.1) is 0 Å². The average Bonchev–Trinajstić information content (AvgIpc) is 2.94. The first-order valence-electron chi connectivity index (χ1n) is 7.30. The first-order chi connectivity index (χ1) is 10.1. The molecule has 5 nitrogen and oxygen atoms in total. The Morgan fingerprint density at radius 1 is 1.24 bits per heavy atom. The number of nitrogens with one attached hydrogen (secondary N) is 2. The highest BCUT2D eigenvalue weighted by Gasteiger charge is 2.17. The molecule has 1 atom stereocenters. The maximum atomic E-state index is 11.9. The summed E-state index contributed by atoms with van der Waals surface area (Å²) in [4.78, 5) is 23.7. The standard InChI is InChI=1S/C16H22N2O3/c1-11-5-3-6-12(2)16(11)18-15(20)9-14(19)17-10-13-7-4-8-21-13/h3,5-6,13H,4,7-10H2,1-2H3,(H,17,19)(H,18,20). The van der Waals surface area contributed by atoms with Crippen molar-refractivity contribution in [3.63, 3.8) is 0 Å². The maximum absolute atomic E-state index is 11.9. The molecule has 2 N–H and O–H groups in total. The molecule has 0 aliphatic carbocycles. The molecule has 1 aromatic rings. The first kappa shape index (κ1) is 15.5. The van der Waals surface area contributed by atoms with Gasteiger partial charge in [0.15, 0.2) is 0 Å². The molecule has 0 spiro atoms. The van der Waals surface area contributed by atoms with Crippen LogP contribution < -0.4 is 10.6 Å². The molecule has 0 saturated carbocycles. The SMILES string of the molecule is Cc1cccc(C)c1NC(=O)CC(=O)NCC1CCCO1. The van der Waals surface area contributed by atoms with Crippen LogP contribution in [-0.4, -0.2) is 31.1 Å². The second-order valence-electron chi connectivity index (χ2n) is 5.43. The van der Waals surface area contributed by atoms with Gasteiger partial charge in [0, 0.05) is 18.8 Å². The van der Waals surface area contributed by atoms with E-state index in [4.69, 9.17) is 4.74 Å². The predicted molar refractivity (Wildman–Crippen MR) is 81.1 cm³/mol. The van der Waals surface area contributed by atoms with Crippen LogP contribution in [0.15, 0.2) is 18.2 Å². The van der Waals surface area contributed by atoms with Crippen LogP contribution in [-0.2, 0) is 14.3 Å². The minimum atomic E-state index is -0.294. The molecule has 1 saturated heterocycles. The number of rotatable bonds is 5. The van der Waals surface area contributed by atoms with Crippen LogP contribution in [0.4, 0.5) is 5.69 Å². The summed E-state index contributed by atoms with van der Waals surface area (Å²) in [7, 11) is 0. The maximum Gasteiger partial charge on any atom is 0.233 e. The smallest absolute Gasteiger partial charge is 0.233 e. The zero-order chi connectivity index (χ0) is 15.2. The molecule has 114 valence electrons. The van der Waals surface area contributed by atoms with Gasteiger partial charge in [-0.3, -0.25) is 9.59 Å². The van der Waals surface area contributed by atoms with Crippen LogP contribution in [0, 0.1) is 13.8 Å². The lowest BCUT2D eigenvalue weighted by molar-refractivity contribution is -0.127. The van der Waals surface area contributed by atoms with Crippen molar-refractivity contribution >= 4 is 17.5 Å². The summed E-state index contributed by atoms with van der Waals surface area (Å²) in [6.45, 7) is 5.10. The fourth-order valence-electron chi connectivity index (χ4n) is 2.44. The molecule has 1 aliphatic heterocycles. The van der Waals surface area contributed by atoms with E-state index in [0.29, 0.717) is 6.54 Å². The molecule has 1 aromatic carbocycles. The van der Waals surface area contributed by atoms with E-state index < -0.39 is 0 Å². The zero-order valence-electron chi connectivity index (χ0n) is 12.6. The Hall–Kier alpha value is -1.88. The lowest BCUT2D eigenvalue weighted by Gasteiger charge is -2.13. The third-order valence-electron chi connectivity index (χ3n) is 3.62. The van der Waals surface area contributed by atoms with Gasteiger partial charge in [0.1, 0.15) is 6.42 Å². The second kappa shape index (κ2) is 7.22. The van der Waals surface area contributed by atoms with Crippen LogP contribution in [0.2, 0.25) is 0 Å². The molecule has 1 aliphatic rings. The quantitative estimate of drug-likeness (QED) is 0.814. The summed E-state index contributed by atoms with van der Waals surface area (Å²) in [5, 5.41) is 5.55. The second-order valence-corrected chi connectivity index (χ2v) is 5.43. The minimum Gasteiger partial charge on any atom is -0.376 e. The molecule has 1 heterocycles. The first-order valence-corrected chi connectivity index (χ1v) is 7.30. The van der Waals surface area contributed by atoms with Gasteiger partial charge in [-0.1, -0.05) is 18.2 Å². The van der Waals surface area contributed by atoms with Gasteiger partial charge in [0.05, 0.1) is 6.10 Å². The minimum absolute atomic E-state index is 0.0932. The Morgan fingerprint density at radius 3 is 2.57 bits per heavy atom. The van der Waals surface area contributed by atoms with Crippen molar-refractivity contribution in [2.45, 2.75) is 39.2 Å². The zero-order valence-corrected chi connectivity index (χ0v) is 12.6. The van der Waals surface area contributed by atoms with E-state index in [0.717, 1.165) is 36.3 Å². The molecular formula is C16H22N2O3. The lowest BCUT2D eigenvalue weighted by Crippen LogP contribution is -2.34. The number of para-hydroxylation sites is 1. The largest absolute Gasteiger partial charge is 0.376 e. The Bertz CT molecular complexity index is 502. The van der Waals surface area contributed by atoms with Gasteiger partial charge < -0.3 is 15.4 Å². The number of hydrogen-bond acceptors (Lipinski definition) is 3. The van der Waals surface area contributed by atoms with Gasteiger partial charge >= 0.3 is 0 Å². The van der Waals surface area contributed by atoms with E-state index in [2.05, 4.69) is 10.6 Å². The summed E-state index contributed by atoms with van der Waals surface area (Å²) in [5.74, 6) is -0.563. The summed E-state index contributed by atoms with van der Waals surface area (Å²) in [6, 6.07) is 5.80. The molecule has 1 fully saturated rings. The van der Waals surface area contributed by atoms with Gasteiger partial charge in [-0.2, -0.15) is 0 Å². The Labute approximate surface area is 125 Å². The predicted octanol–water partition coefficient (Wildman–Crippen LogP) is 1.93. The highest BCUT2D eigenvalue weighted by atomic mass is 16.5. The van der Waals surface area contributed by atoms with Gasteiger partial charge in [0.25, 0.3) is 0 Å². The van der Waals surface area contributed by atoms with E-state index in [9.17, 15) is 9.59 Å². The Morgan fingerprint density at radius 2 is 1.95 bits per heavy atom. The number of ether oxygens (including phenoxy) is 1. The highest BCUT2D eigenvalue weighted by Crippen LogP contribution is 2.19. The van der Waals surface area contributed by atoms with E-state index in [1.165, 1.54) is 0 Å². The summed E-state index contributed by atoms with van der Waals surface area (Å²) < 4.78 is 5.42. The van der Waals surface area contributed by atoms with E-state index in [1.807, 2.05) is 32.0 Å². The van der Waals surface area contributed by atoms with Crippen molar-refractivity contribution < 1.29 is 14.3 Å². The monoisotopic (exact) mass is 290 g/mol. The fourth-order valence-corrected chi connectivity index (χ4v) is 2.44. The lowest BCUT2D eigenvalue weighted by atomic mass is 10.1. The number of anilines is 1. The highest BCUT2D eigenvalue weighted by molar-refractivity contribution is 6.04. The number of hydrogen-bond donors (Lipinski definition) is 2. The third kappa shape index (κ3) is 4.56. The van der Waals surface area contributed by atoms with Crippen LogP contribution in [0.25, 0.3) is 0 Å². The molecule has 0 aromatic heterocycles. The van der Waals surface area contributed by atoms with Gasteiger partial charge in [0.2, 0.25) is 11.8 Å². The molecule has 1 unspecified atom stereocenters. The summed E-state index contributed by atoms with van der Waals surface area (Å²) >= 11 is 0. The van der Waals surface area contributed by atoms with Crippen LogP contribution in [0.1, 0.15) is 30.4 Å². The van der Waals surface area contributed by atoms with Crippen LogP contribution in [0.5, 0.6) is 0 Å². The Balaban J connectivity index is 1.79. The van der Waals surface area contributed by atoms with E-state index in [1.54, 1.807) is 0 Å². The third-order valence-corrected chi connectivity index (χ3v) is 3.62. The molecule has 5 heteroatoms. The van der Waals surface area contributed by atoms with Gasteiger partial charge in [-0.25, -0.2) is 0 Å². The molecule has 21 heavy (non-hydrogen) atoms. The van der Waals surface area contributed by atoms with Crippen molar-refractivity contribution in [3.05, 3.63) is 29.3 Å². The Kier molecular flexibility index (Phi) is 5.33. The molecule has 2 amide bonds. The molecule has 0 bridgehead atoms. The summed E-state index contributed by atoms with van der Waals surface area (Å²) in [6.07, 6.45) is 1.93. The number of carbonyl (C=O) groups is 2. The fraction of sp³-hybridized carbons (Fsp3) is 0.500. The molecule has 0 radical (unpaired) electrons. The molecular weight excluding hydrogens is 268 g/mol. The van der Waals surface area contributed by atoms with E-state index in [-0.39, 0.29) is 24.3 Å². The van der Waals surface area contributed by atoms with Crippen molar-refractivity contribution in [1.29, 1.82) is 0 Å². The normalized spacial score (nSPS) is 17.5. The average molecular weight is 290 g/mol. The number of amides is 2. The topological polar surface area (TPSA) is 67.4 Å². The van der Waals surface area contributed by atoms with Crippen molar-refractivity contribution in [3.8, 4) is 0 Å².